The molecule has 0 heterocycles. The van der Waals surface area contributed by atoms with Crippen LogP contribution in [0.4, 0.5) is 8.78 Å². The molecular formula is C6H9F2NS2. The van der Waals surface area contributed by atoms with Crippen molar-refractivity contribution in [2.45, 2.75) is 6.42 Å². The first-order valence-corrected chi connectivity index (χ1v) is 4.42. The number of hydrogen-bond donors (Lipinski definition) is 1. The number of nitrogens with one attached hydrogen (secondary N) is 1. The Balaban J connectivity index is 3.28. The second-order valence-electron chi connectivity index (χ2n) is 1.67. The molecule has 0 spiro atoms. The van der Waals surface area contributed by atoms with E-state index in [1.165, 1.54) is 11.8 Å². The first-order chi connectivity index (χ1) is 5.16. The van der Waals surface area contributed by atoms with Crippen LogP contribution in [0.25, 0.3) is 0 Å². The Morgan fingerprint density at radius 3 is 2.73 bits per heavy atom. The molecule has 0 aliphatic heterocycles. The molecule has 1 nitrogen and oxygen atoms in total. The summed E-state index contributed by atoms with van der Waals surface area (Å²) < 4.78 is 23.5. The number of thiocarbonyl (C=S) groups is 1. The largest absolute Gasteiger partial charge is 0.374 e. The fourth-order valence-corrected chi connectivity index (χ4v) is 1.21. The maximum Gasteiger partial charge on any atom is 0.266 e. The van der Waals surface area contributed by atoms with Crippen molar-refractivity contribution in [3.05, 3.63) is 12.2 Å². The molecule has 1 N–H and O–H groups in total. The summed E-state index contributed by atoms with van der Waals surface area (Å²) in [5.74, 6) is 0.594. The number of rotatable bonds is 3. The van der Waals surface area contributed by atoms with E-state index in [-0.39, 0.29) is 0 Å². The summed E-state index contributed by atoms with van der Waals surface area (Å²) in [6.07, 6.45) is -0.374. The number of thioether (sulfide) groups is 1. The lowest BCUT2D eigenvalue weighted by Gasteiger charge is -1.98. The normalized spacial score (nSPS) is 9.00. The van der Waals surface area contributed by atoms with Crippen LogP contribution in [-0.2, 0) is 0 Å². The van der Waals surface area contributed by atoms with Gasteiger partial charge in [-0.3, -0.25) is 0 Å². The quantitative estimate of drug-likeness (QED) is 0.551. The highest BCUT2D eigenvalue weighted by Crippen LogP contribution is 2.06. The van der Waals surface area contributed by atoms with Crippen LogP contribution in [0.3, 0.4) is 0 Å². The highest BCUT2D eigenvalue weighted by Gasteiger charge is 1.92. The lowest BCUT2D eigenvalue weighted by Crippen LogP contribution is -2.11. The van der Waals surface area contributed by atoms with Crippen LogP contribution in [0, 0.1) is 0 Å². The van der Waals surface area contributed by atoms with Gasteiger partial charge in [0.05, 0.1) is 0 Å². The number of halogens is 2. The molecule has 0 unspecified atom stereocenters. The molecule has 0 atom stereocenters. The first-order valence-electron chi connectivity index (χ1n) is 3.02. The second kappa shape index (κ2) is 6.54. The van der Waals surface area contributed by atoms with E-state index in [0.29, 0.717) is 16.5 Å². The zero-order valence-corrected chi connectivity index (χ0v) is 7.70. The van der Waals surface area contributed by atoms with Crippen molar-refractivity contribution < 1.29 is 8.78 Å². The van der Waals surface area contributed by atoms with Crippen molar-refractivity contribution >= 4 is 28.3 Å². The SMILES string of the molecule is CNC(=S)SCCC=C(F)F. The molecule has 0 saturated heterocycles. The highest BCUT2D eigenvalue weighted by molar-refractivity contribution is 8.22. The van der Waals surface area contributed by atoms with Gasteiger partial charge in [0.2, 0.25) is 0 Å². The molecule has 0 aromatic rings. The van der Waals surface area contributed by atoms with E-state index in [1.54, 1.807) is 7.05 Å². The van der Waals surface area contributed by atoms with Crippen molar-refractivity contribution in [1.29, 1.82) is 0 Å². The fourth-order valence-electron chi connectivity index (χ4n) is 0.392. The fraction of sp³-hybridized carbons (Fsp3) is 0.500. The van der Waals surface area contributed by atoms with Crippen LogP contribution >= 0.6 is 24.0 Å². The molecule has 0 saturated carbocycles. The van der Waals surface area contributed by atoms with E-state index < -0.39 is 6.08 Å². The lowest BCUT2D eigenvalue weighted by atomic mass is 10.5. The van der Waals surface area contributed by atoms with E-state index in [4.69, 9.17) is 12.2 Å². The molecule has 64 valence electrons. The van der Waals surface area contributed by atoms with Gasteiger partial charge in [-0.1, -0.05) is 24.0 Å². The summed E-state index contributed by atoms with van der Waals surface area (Å²) >= 11 is 6.14. The van der Waals surface area contributed by atoms with E-state index in [2.05, 4.69) is 5.32 Å². The molecule has 0 aliphatic carbocycles. The smallest absolute Gasteiger partial charge is 0.266 e. The summed E-state index contributed by atoms with van der Waals surface area (Å²) in [5.41, 5.74) is 0. The minimum Gasteiger partial charge on any atom is -0.374 e. The summed E-state index contributed by atoms with van der Waals surface area (Å²) in [6, 6.07) is 0. The van der Waals surface area contributed by atoms with Crippen LogP contribution in [0.1, 0.15) is 6.42 Å². The molecule has 0 radical (unpaired) electrons. The number of allylic oxidation sites excluding steroid dienone is 1. The topological polar surface area (TPSA) is 12.0 Å². The van der Waals surface area contributed by atoms with Crippen molar-refractivity contribution in [1.82, 2.24) is 5.32 Å². The highest BCUT2D eigenvalue weighted by atomic mass is 32.2. The van der Waals surface area contributed by atoms with E-state index in [0.717, 1.165) is 6.08 Å². The standard InChI is InChI=1S/C6H9F2NS2/c1-9-6(10)11-4-2-3-5(7)8/h3H,2,4H2,1H3,(H,9,10). The van der Waals surface area contributed by atoms with Gasteiger partial charge in [0.1, 0.15) is 4.32 Å². The van der Waals surface area contributed by atoms with Gasteiger partial charge in [-0.05, 0) is 12.5 Å². The Morgan fingerprint density at radius 1 is 1.64 bits per heavy atom. The van der Waals surface area contributed by atoms with Gasteiger partial charge in [0.25, 0.3) is 6.08 Å². The van der Waals surface area contributed by atoms with Crippen molar-refractivity contribution in [3.8, 4) is 0 Å². The van der Waals surface area contributed by atoms with E-state index in [1.807, 2.05) is 0 Å². The van der Waals surface area contributed by atoms with Crippen LogP contribution in [0.2, 0.25) is 0 Å². The molecule has 11 heavy (non-hydrogen) atoms. The van der Waals surface area contributed by atoms with Crippen molar-refractivity contribution in [2.75, 3.05) is 12.8 Å². The third kappa shape index (κ3) is 7.74. The van der Waals surface area contributed by atoms with Crippen molar-refractivity contribution in [3.63, 3.8) is 0 Å². The van der Waals surface area contributed by atoms with Gasteiger partial charge in [0.15, 0.2) is 0 Å². The predicted molar refractivity (Wildman–Crippen MR) is 49.0 cm³/mol. The van der Waals surface area contributed by atoms with Gasteiger partial charge >= 0.3 is 0 Å². The molecule has 0 aromatic carbocycles. The Labute approximate surface area is 74.2 Å². The zero-order chi connectivity index (χ0) is 8.69. The minimum atomic E-state index is -1.62. The Bertz CT molecular complexity index is 155. The van der Waals surface area contributed by atoms with Crippen LogP contribution in [-0.4, -0.2) is 17.1 Å². The average molecular weight is 197 g/mol. The van der Waals surface area contributed by atoms with Gasteiger partial charge in [-0.25, -0.2) is 0 Å². The third-order valence-electron chi connectivity index (χ3n) is 0.854. The Kier molecular flexibility index (Phi) is 6.45. The van der Waals surface area contributed by atoms with E-state index in [9.17, 15) is 8.78 Å². The molecule has 0 rings (SSSR count). The Morgan fingerprint density at radius 2 is 2.27 bits per heavy atom. The molecule has 5 heteroatoms. The molecule has 0 amide bonds. The van der Waals surface area contributed by atoms with Gasteiger partial charge in [0, 0.05) is 12.8 Å². The predicted octanol–water partition coefficient (Wildman–Crippen LogP) is 2.39. The minimum absolute atomic E-state index is 0.356. The summed E-state index contributed by atoms with van der Waals surface area (Å²) in [4.78, 5) is 0. The zero-order valence-electron chi connectivity index (χ0n) is 6.06. The lowest BCUT2D eigenvalue weighted by molar-refractivity contribution is 0.418. The van der Waals surface area contributed by atoms with Crippen LogP contribution in [0.15, 0.2) is 12.2 Å². The van der Waals surface area contributed by atoms with Gasteiger partial charge in [-0.15, -0.1) is 0 Å². The summed E-state index contributed by atoms with van der Waals surface area (Å²) in [7, 11) is 1.71. The molecular weight excluding hydrogens is 188 g/mol. The Hall–Kier alpha value is -0.160. The van der Waals surface area contributed by atoms with Crippen LogP contribution < -0.4 is 5.32 Å². The number of hydrogen-bond acceptors (Lipinski definition) is 2. The van der Waals surface area contributed by atoms with E-state index >= 15 is 0 Å². The average Bonchev–Trinajstić information content (AvgIpc) is 1.97. The summed E-state index contributed by atoms with van der Waals surface area (Å²) in [5, 5.41) is 2.74. The molecule has 0 bridgehead atoms. The van der Waals surface area contributed by atoms with Crippen LogP contribution in [0.5, 0.6) is 0 Å². The first kappa shape index (κ1) is 10.8. The molecule has 0 fully saturated rings. The second-order valence-corrected chi connectivity index (χ2v) is 3.44. The third-order valence-corrected chi connectivity index (χ3v) is 2.32. The maximum atomic E-state index is 11.4. The summed E-state index contributed by atoms with van der Waals surface area (Å²) in [6.45, 7) is 0. The maximum absolute atomic E-state index is 11.4. The molecule has 0 aromatic heterocycles. The van der Waals surface area contributed by atoms with Gasteiger partial charge < -0.3 is 5.32 Å². The van der Waals surface area contributed by atoms with Gasteiger partial charge in [-0.2, -0.15) is 8.78 Å². The van der Waals surface area contributed by atoms with Crippen molar-refractivity contribution in [2.24, 2.45) is 0 Å². The molecule has 0 aliphatic rings. The monoisotopic (exact) mass is 197 g/mol.